The van der Waals surface area contributed by atoms with E-state index in [1.165, 1.54) is 31.3 Å². The molecule has 3 rings (SSSR count). The molecule has 0 unspecified atom stereocenters. The molecule has 1 amide bonds. The third-order valence-electron chi connectivity index (χ3n) is 5.50. The van der Waals surface area contributed by atoms with E-state index in [1.54, 1.807) is 0 Å². The number of hydrogen-bond acceptors (Lipinski definition) is 4. The Bertz CT molecular complexity index is 1230. The summed E-state index contributed by atoms with van der Waals surface area (Å²) in [6, 6.07) is 7.61. The second kappa shape index (κ2) is 11.8. The summed E-state index contributed by atoms with van der Waals surface area (Å²) in [4.78, 5) is 16.0. The zero-order chi connectivity index (χ0) is 28.1. The van der Waals surface area contributed by atoms with E-state index in [9.17, 15) is 39.9 Å². The van der Waals surface area contributed by atoms with Crippen LogP contribution in [-0.4, -0.2) is 24.3 Å². The minimum Gasteiger partial charge on any atom is -0.403 e. The molecule has 13 heteroatoms. The highest BCUT2D eigenvalue weighted by Gasteiger charge is 2.34. The number of nitrogens with one attached hydrogen (secondary N) is 2. The highest BCUT2D eigenvalue weighted by molar-refractivity contribution is 5.83. The van der Waals surface area contributed by atoms with Crippen LogP contribution in [0.25, 0.3) is 0 Å². The molecule has 0 spiro atoms. The lowest BCUT2D eigenvalue weighted by Crippen LogP contribution is -2.38. The highest BCUT2D eigenvalue weighted by Crippen LogP contribution is 2.32. The number of nitrogens with zero attached hydrogens (tertiary/aromatic N) is 1. The molecule has 38 heavy (non-hydrogen) atoms. The van der Waals surface area contributed by atoms with Crippen LogP contribution in [-0.2, 0) is 17.4 Å². The van der Waals surface area contributed by atoms with E-state index >= 15 is 0 Å². The first-order valence-corrected chi connectivity index (χ1v) is 11.1. The SMILES string of the molecule is CNC(=O)[C@@H](N[C@@H](CCc1ccc(C(F)(F)F)nc1)c1ccc(F)c(OC(F)(F)F)c1)c1ccc(F)cc1. The fraction of sp³-hybridized carbons (Fsp3) is 0.280. The quantitative estimate of drug-likeness (QED) is 0.322. The molecular formula is C25H21F8N3O2. The van der Waals surface area contributed by atoms with Crippen LogP contribution in [0.3, 0.4) is 0 Å². The second-order valence-corrected chi connectivity index (χ2v) is 8.14. The molecule has 0 aliphatic heterocycles. The fourth-order valence-corrected chi connectivity index (χ4v) is 3.66. The van der Waals surface area contributed by atoms with Crippen molar-refractivity contribution in [3.63, 3.8) is 0 Å². The molecule has 1 heterocycles. The van der Waals surface area contributed by atoms with Gasteiger partial charge in [-0.25, -0.2) is 8.78 Å². The maximum Gasteiger partial charge on any atom is 0.573 e. The van der Waals surface area contributed by atoms with Gasteiger partial charge in [0.1, 0.15) is 17.6 Å². The van der Waals surface area contributed by atoms with E-state index in [4.69, 9.17) is 0 Å². The zero-order valence-corrected chi connectivity index (χ0v) is 19.6. The van der Waals surface area contributed by atoms with Crippen molar-refractivity contribution in [1.82, 2.24) is 15.6 Å². The Morgan fingerprint density at radius 1 is 0.947 bits per heavy atom. The van der Waals surface area contributed by atoms with Gasteiger partial charge in [0.05, 0.1) is 0 Å². The topological polar surface area (TPSA) is 63.2 Å². The minimum atomic E-state index is -5.17. The highest BCUT2D eigenvalue weighted by atomic mass is 19.4. The number of aryl methyl sites for hydroxylation is 1. The van der Waals surface area contributed by atoms with Gasteiger partial charge < -0.3 is 10.1 Å². The summed E-state index contributed by atoms with van der Waals surface area (Å²) in [5.41, 5.74) is -0.307. The third kappa shape index (κ3) is 7.88. The number of likely N-dealkylation sites (N-methyl/N-ethyl adjacent to an activating group) is 1. The van der Waals surface area contributed by atoms with Crippen molar-refractivity contribution < 1.29 is 44.7 Å². The van der Waals surface area contributed by atoms with Crippen molar-refractivity contribution in [2.75, 3.05) is 7.05 Å². The van der Waals surface area contributed by atoms with Gasteiger partial charge in [-0.05, 0) is 59.9 Å². The Morgan fingerprint density at radius 2 is 1.61 bits per heavy atom. The maximum absolute atomic E-state index is 14.1. The summed E-state index contributed by atoms with van der Waals surface area (Å²) in [7, 11) is 1.34. The summed E-state index contributed by atoms with van der Waals surface area (Å²) in [5.74, 6) is -3.51. The Hall–Kier alpha value is -3.74. The van der Waals surface area contributed by atoms with E-state index in [1.807, 2.05) is 0 Å². The first-order chi connectivity index (χ1) is 17.8. The van der Waals surface area contributed by atoms with Crippen LogP contribution in [0.4, 0.5) is 35.1 Å². The number of ether oxygens (including phenoxy) is 1. The van der Waals surface area contributed by atoms with Gasteiger partial charge in [-0.3, -0.25) is 15.1 Å². The molecule has 204 valence electrons. The molecule has 1 aromatic heterocycles. The van der Waals surface area contributed by atoms with Crippen molar-refractivity contribution in [3.05, 3.63) is 94.8 Å². The van der Waals surface area contributed by atoms with Gasteiger partial charge in [0.2, 0.25) is 5.91 Å². The minimum absolute atomic E-state index is 0.0405. The summed E-state index contributed by atoms with van der Waals surface area (Å²) >= 11 is 0. The molecule has 0 radical (unpaired) electrons. The summed E-state index contributed by atoms with van der Waals surface area (Å²) < 4.78 is 108. The van der Waals surface area contributed by atoms with Crippen LogP contribution in [0, 0.1) is 11.6 Å². The average Bonchev–Trinajstić information content (AvgIpc) is 2.85. The Morgan fingerprint density at radius 3 is 2.16 bits per heavy atom. The van der Waals surface area contributed by atoms with Crippen molar-refractivity contribution >= 4 is 5.91 Å². The predicted octanol–water partition coefficient (Wildman–Crippen LogP) is 6.03. The lowest BCUT2D eigenvalue weighted by molar-refractivity contribution is -0.275. The molecule has 5 nitrogen and oxygen atoms in total. The van der Waals surface area contributed by atoms with E-state index in [0.717, 1.165) is 36.5 Å². The van der Waals surface area contributed by atoms with E-state index in [0.29, 0.717) is 11.1 Å². The maximum atomic E-state index is 14.1. The predicted molar refractivity (Wildman–Crippen MR) is 120 cm³/mol. The molecule has 0 fully saturated rings. The van der Waals surface area contributed by atoms with Crippen LogP contribution < -0.4 is 15.4 Å². The van der Waals surface area contributed by atoms with Gasteiger partial charge in [0, 0.05) is 19.3 Å². The standard InChI is InChI=1S/C25H21F8N3O2/c1-34-23(37)22(15-4-7-17(26)8-5-15)36-19(10-2-14-3-11-21(35-13-14)24(28,29)30)16-6-9-18(27)20(12-16)38-25(31,32)33/h3-9,11-13,19,22,36H,2,10H2,1H3,(H,34,37)/t19-,22-/m0/s1. The van der Waals surface area contributed by atoms with Gasteiger partial charge in [0.15, 0.2) is 11.6 Å². The smallest absolute Gasteiger partial charge is 0.403 e. The summed E-state index contributed by atoms with van der Waals surface area (Å²) in [6.45, 7) is 0. The Balaban J connectivity index is 1.95. The molecule has 0 aliphatic rings. The van der Waals surface area contributed by atoms with Crippen molar-refractivity contribution in [3.8, 4) is 5.75 Å². The lowest BCUT2D eigenvalue weighted by atomic mass is 9.96. The second-order valence-electron chi connectivity index (χ2n) is 8.14. The van der Waals surface area contributed by atoms with Crippen LogP contribution in [0.2, 0.25) is 0 Å². The van der Waals surface area contributed by atoms with Crippen molar-refractivity contribution in [2.45, 2.75) is 37.5 Å². The summed E-state index contributed by atoms with van der Waals surface area (Å²) in [6.07, 6.45) is -8.67. The largest absolute Gasteiger partial charge is 0.573 e. The Labute approximate surface area is 211 Å². The molecule has 0 saturated carbocycles. The van der Waals surface area contributed by atoms with Gasteiger partial charge in [-0.15, -0.1) is 13.2 Å². The number of benzene rings is 2. The zero-order valence-electron chi connectivity index (χ0n) is 19.6. The normalized spacial score (nSPS) is 13.6. The number of hydrogen-bond donors (Lipinski definition) is 2. The number of pyridine rings is 1. The molecule has 2 aromatic carbocycles. The molecular weight excluding hydrogens is 526 g/mol. The van der Waals surface area contributed by atoms with Gasteiger partial charge in [0.25, 0.3) is 0 Å². The first kappa shape index (κ1) is 28.8. The van der Waals surface area contributed by atoms with Crippen LogP contribution in [0.15, 0.2) is 60.8 Å². The van der Waals surface area contributed by atoms with Crippen molar-refractivity contribution in [1.29, 1.82) is 0 Å². The molecule has 2 N–H and O–H groups in total. The van der Waals surface area contributed by atoms with E-state index < -0.39 is 53.6 Å². The van der Waals surface area contributed by atoms with Crippen molar-refractivity contribution in [2.24, 2.45) is 0 Å². The molecule has 0 bridgehead atoms. The van der Waals surface area contributed by atoms with Gasteiger partial charge >= 0.3 is 12.5 Å². The van der Waals surface area contributed by atoms with Gasteiger partial charge in [-0.1, -0.05) is 24.3 Å². The number of aromatic nitrogens is 1. The van der Waals surface area contributed by atoms with Crippen LogP contribution in [0.5, 0.6) is 5.75 Å². The van der Waals surface area contributed by atoms with Crippen LogP contribution in [0.1, 0.15) is 40.9 Å². The number of amides is 1. The van der Waals surface area contributed by atoms with Crippen LogP contribution >= 0.6 is 0 Å². The molecule has 3 aromatic rings. The van der Waals surface area contributed by atoms with E-state index in [2.05, 4.69) is 20.4 Å². The monoisotopic (exact) mass is 547 g/mol. The number of carbonyl (C=O) groups excluding carboxylic acids is 1. The Kier molecular flexibility index (Phi) is 8.92. The number of halogens is 8. The fourth-order valence-electron chi connectivity index (χ4n) is 3.66. The molecule has 2 atom stereocenters. The third-order valence-corrected chi connectivity index (χ3v) is 5.50. The number of alkyl halides is 6. The van der Waals surface area contributed by atoms with Gasteiger partial charge in [-0.2, -0.15) is 13.2 Å². The number of carbonyl (C=O) groups is 1. The lowest BCUT2D eigenvalue weighted by Gasteiger charge is -2.26. The summed E-state index contributed by atoms with van der Waals surface area (Å²) in [5, 5.41) is 5.41. The van der Waals surface area contributed by atoms with E-state index in [-0.39, 0.29) is 18.4 Å². The molecule has 0 saturated heterocycles. The number of rotatable bonds is 9. The molecule has 0 aliphatic carbocycles. The average molecular weight is 547 g/mol. The first-order valence-electron chi connectivity index (χ1n) is 11.1.